The highest BCUT2D eigenvalue weighted by Crippen LogP contribution is 2.25. The van der Waals surface area contributed by atoms with Crippen LogP contribution in [0, 0.1) is 0 Å². The van der Waals surface area contributed by atoms with Crippen LogP contribution in [0.2, 0.25) is 0 Å². The van der Waals surface area contributed by atoms with Gasteiger partial charge in [0.15, 0.2) is 0 Å². The van der Waals surface area contributed by atoms with Gasteiger partial charge in [0.05, 0.1) is 22.4 Å². The van der Waals surface area contributed by atoms with Crippen molar-refractivity contribution in [2.45, 2.75) is 0 Å². The number of para-hydroxylation sites is 1. The van der Waals surface area contributed by atoms with Crippen molar-refractivity contribution in [3.05, 3.63) is 59.2 Å². The molecule has 0 aromatic heterocycles. The summed E-state index contributed by atoms with van der Waals surface area (Å²) in [6.45, 7) is 3.21. The molecule has 0 saturated heterocycles. The second-order valence-corrected chi connectivity index (χ2v) is 4.50. The molecule has 0 fully saturated rings. The number of anilines is 1. The number of aliphatic imine (C=N–C) groups is 1. The van der Waals surface area contributed by atoms with Crippen LogP contribution in [0.5, 0.6) is 0 Å². The number of hydrogen-bond acceptors (Lipinski definition) is 4. The molecular formula is C16H12N2O5. The highest BCUT2D eigenvalue weighted by Gasteiger charge is 2.22. The maximum atomic E-state index is 12.3. The standard InChI is InChI=1S/C16H12N2O5/c1-17-13-8-11(15(20)21)10(7-12(13)16(22)23)14(19)18-9-5-3-2-4-6-9/h2-8H,1H2,(H,18,19)(H,20,21)(H,22,23). The normalized spacial score (nSPS) is 9.91. The van der Waals surface area contributed by atoms with Crippen molar-refractivity contribution in [3.63, 3.8) is 0 Å². The Balaban J connectivity index is 2.53. The molecule has 0 aliphatic carbocycles. The summed E-state index contributed by atoms with van der Waals surface area (Å²) in [5.41, 5.74) is -0.594. The summed E-state index contributed by atoms with van der Waals surface area (Å²) < 4.78 is 0. The van der Waals surface area contributed by atoms with E-state index >= 15 is 0 Å². The third-order valence-corrected chi connectivity index (χ3v) is 3.04. The zero-order chi connectivity index (χ0) is 17.0. The molecule has 7 nitrogen and oxygen atoms in total. The van der Waals surface area contributed by atoms with Crippen LogP contribution in [-0.2, 0) is 0 Å². The molecule has 23 heavy (non-hydrogen) atoms. The summed E-state index contributed by atoms with van der Waals surface area (Å²) in [7, 11) is 0. The molecule has 0 aliphatic heterocycles. The van der Waals surface area contributed by atoms with Gasteiger partial charge < -0.3 is 15.5 Å². The molecule has 0 atom stereocenters. The lowest BCUT2D eigenvalue weighted by atomic mass is 10.0. The van der Waals surface area contributed by atoms with E-state index in [2.05, 4.69) is 17.0 Å². The average Bonchev–Trinajstić information content (AvgIpc) is 2.54. The molecule has 2 aromatic rings. The third kappa shape index (κ3) is 3.41. The van der Waals surface area contributed by atoms with Gasteiger partial charge in [-0.25, -0.2) is 9.59 Å². The Kier molecular flexibility index (Phi) is 4.51. The lowest BCUT2D eigenvalue weighted by Crippen LogP contribution is -2.17. The Morgan fingerprint density at radius 3 is 2.04 bits per heavy atom. The number of nitrogens with zero attached hydrogens (tertiary/aromatic N) is 1. The molecule has 0 aliphatic rings. The summed E-state index contributed by atoms with van der Waals surface area (Å²) in [6, 6.07) is 10.4. The zero-order valence-electron chi connectivity index (χ0n) is 11.8. The number of rotatable bonds is 5. The summed E-state index contributed by atoms with van der Waals surface area (Å²) in [4.78, 5) is 38.4. The van der Waals surface area contributed by atoms with Gasteiger partial charge in [0.25, 0.3) is 5.91 Å². The minimum absolute atomic E-state index is 0.119. The molecule has 7 heteroatoms. The van der Waals surface area contributed by atoms with E-state index in [1.807, 2.05) is 0 Å². The molecule has 0 spiro atoms. The fourth-order valence-corrected chi connectivity index (χ4v) is 1.98. The number of carbonyl (C=O) groups excluding carboxylic acids is 1. The molecule has 0 bridgehead atoms. The van der Waals surface area contributed by atoms with Gasteiger partial charge in [-0.05, 0) is 31.0 Å². The van der Waals surface area contributed by atoms with Gasteiger partial charge in [-0.1, -0.05) is 18.2 Å². The average molecular weight is 312 g/mol. The van der Waals surface area contributed by atoms with E-state index in [1.165, 1.54) is 0 Å². The van der Waals surface area contributed by atoms with Crippen molar-refractivity contribution >= 4 is 35.9 Å². The van der Waals surface area contributed by atoms with Crippen molar-refractivity contribution in [1.29, 1.82) is 0 Å². The second kappa shape index (κ2) is 6.52. The molecule has 2 aromatic carbocycles. The number of carbonyl (C=O) groups is 3. The van der Waals surface area contributed by atoms with Gasteiger partial charge >= 0.3 is 11.9 Å². The Morgan fingerprint density at radius 2 is 1.52 bits per heavy atom. The highest BCUT2D eigenvalue weighted by molar-refractivity contribution is 6.13. The van der Waals surface area contributed by atoms with Crippen LogP contribution in [0.15, 0.2) is 47.5 Å². The first kappa shape index (κ1) is 15.9. The second-order valence-electron chi connectivity index (χ2n) is 4.50. The minimum Gasteiger partial charge on any atom is -0.478 e. The summed E-state index contributed by atoms with van der Waals surface area (Å²) in [6.07, 6.45) is 0. The summed E-state index contributed by atoms with van der Waals surface area (Å²) in [5.74, 6) is -3.44. The van der Waals surface area contributed by atoms with Gasteiger partial charge in [0.2, 0.25) is 0 Å². The fourth-order valence-electron chi connectivity index (χ4n) is 1.98. The van der Waals surface area contributed by atoms with Crippen molar-refractivity contribution in [2.75, 3.05) is 5.32 Å². The fraction of sp³-hybridized carbons (Fsp3) is 0. The highest BCUT2D eigenvalue weighted by atomic mass is 16.4. The lowest BCUT2D eigenvalue weighted by molar-refractivity contribution is 0.0679. The van der Waals surface area contributed by atoms with E-state index in [0.717, 1.165) is 12.1 Å². The first-order chi connectivity index (χ1) is 10.9. The van der Waals surface area contributed by atoms with Crippen LogP contribution in [0.1, 0.15) is 31.1 Å². The summed E-state index contributed by atoms with van der Waals surface area (Å²) in [5, 5.41) is 20.9. The number of benzene rings is 2. The molecular weight excluding hydrogens is 300 g/mol. The van der Waals surface area contributed by atoms with Crippen molar-refractivity contribution in [1.82, 2.24) is 0 Å². The molecule has 3 N–H and O–H groups in total. The molecule has 2 rings (SSSR count). The molecule has 0 radical (unpaired) electrons. The molecule has 0 saturated carbocycles. The van der Waals surface area contributed by atoms with E-state index in [4.69, 9.17) is 5.11 Å². The molecule has 116 valence electrons. The number of aromatic carboxylic acids is 2. The maximum Gasteiger partial charge on any atom is 0.337 e. The van der Waals surface area contributed by atoms with Gasteiger partial charge in [-0.3, -0.25) is 9.79 Å². The maximum absolute atomic E-state index is 12.3. The Morgan fingerprint density at radius 1 is 0.913 bits per heavy atom. The zero-order valence-corrected chi connectivity index (χ0v) is 11.8. The van der Waals surface area contributed by atoms with Crippen LogP contribution in [0.25, 0.3) is 0 Å². The number of hydrogen-bond donors (Lipinski definition) is 3. The number of nitrogens with one attached hydrogen (secondary N) is 1. The first-order valence-corrected chi connectivity index (χ1v) is 6.41. The quantitative estimate of drug-likeness (QED) is 0.734. The smallest absolute Gasteiger partial charge is 0.337 e. The van der Waals surface area contributed by atoms with Gasteiger partial charge in [-0.2, -0.15) is 0 Å². The van der Waals surface area contributed by atoms with Crippen LogP contribution in [0.4, 0.5) is 11.4 Å². The lowest BCUT2D eigenvalue weighted by Gasteiger charge is -2.10. The van der Waals surface area contributed by atoms with E-state index in [0.29, 0.717) is 5.69 Å². The first-order valence-electron chi connectivity index (χ1n) is 6.41. The van der Waals surface area contributed by atoms with Crippen LogP contribution in [-0.4, -0.2) is 34.8 Å². The monoisotopic (exact) mass is 312 g/mol. The predicted molar refractivity (Wildman–Crippen MR) is 84.0 cm³/mol. The molecule has 0 heterocycles. The topological polar surface area (TPSA) is 116 Å². The number of amides is 1. The Labute approximate surface area is 130 Å². The van der Waals surface area contributed by atoms with Crippen molar-refractivity contribution in [2.24, 2.45) is 4.99 Å². The Hall–Kier alpha value is -3.48. The minimum atomic E-state index is -1.37. The van der Waals surface area contributed by atoms with E-state index in [9.17, 15) is 19.5 Å². The molecule has 1 amide bonds. The largest absolute Gasteiger partial charge is 0.478 e. The van der Waals surface area contributed by atoms with Crippen LogP contribution in [0.3, 0.4) is 0 Å². The van der Waals surface area contributed by atoms with Crippen LogP contribution >= 0.6 is 0 Å². The van der Waals surface area contributed by atoms with E-state index in [1.54, 1.807) is 30.3 Å². The third-order valence-electron chi connectivity index (χ3n) is 3.04. The SMILES string of the molecule is C=Nc1cc(C(=O)O)c(C(=O)Nc2ccccc2)cc1C(=O)O. The number of carboxylic acids is 2. The van der Waals surface area contributed by atoms with E-state index in [-0.39, 0.29) is 22.4 Å². The molecule has 0 unspecified atom stereocenters. The van der Waals surface area contributed by atoms with Crippen molar-refractivity contribution < 1.29 is 24.6 Å². The Bertz CT molecular complexity index is 800. The van der Waals surface area contributed by atoms with Gasteiger partial charge in [0.1, 0.15) is 0 Å². The van der Waals surface area contributed by atoms with Gasteiger partial charge in [0, 0.05) is 5.69 Å². The predicted octanol–water partition coefficient (Wildman–Crippen LogP) is 2.67. The van der Waals surface area contributed by atoms with Crippen LogP contribution < -0.4 is 5.32 Å². The number of carboxylic acid groups (broad SMARTS) is 2. The van der Waals surface area contributed by atoms with Crippen molar-refractivity contribution in [3.8, 4) is 0 Å². The van der Waals surface area contributed by atoms with Gasteiger partial charge in [-0.15, -0.1) is 0 Å². The summed E-state index contributed by atoms with van der Waals surface area (Å²) >= 11 is 0. The van der Waals surface area contributed by atoms with E-state index < -0.39 is 17.8 Å².